The number of carbonyl (C=O) groups is 1. The number of rotatable bonds is 4. The molecule has 0 aliphatic carbocycles. The highest BCUT2D eigenvalue weighted by atomic mass is 16.6. The molecular weight excluding hydrogens is 346 g/mol. The number of aliphatic hydroxyl groups excluding tert-OH is 1. The lowest BCUT2D eigenvalue weighted by Gasteiger charge is -2.43. The molecule has 2 aliphatic heterocycles. The Labute approximate surface area is 161 Å². The minimum atomic E-state index is -0.632. The Hall–Kier alpha value is -1.86. The molecule has 1 aromatic rings. The number of fused-ring (bicyclic) bond motifs is 3. The molecule has 7 nitrogen and oxygen atoms in total. The first-order chi connectivity index (χ1) is 12.7. The van der Waals surface area contributed by atoms with Gasteiger partial charge in [0, 0.05) is 39.3 Å². The molecule has 0 radical (unpaired) electrons. The van der Waals surface area contributed by atoms with E-state index in [1.807, 2.05) is 26.8 Å². The normalized spacial score (nSPS) is 23.0. The van der Waals surface area contributed by atoms with Crippen LogP contribution in [0.15, 0.2) is 12.1 Å². The van der Waals surface area contributed by atoms with Gasteiger partial charge in [0.15, 0.2) is 0 Å². The minimum absolute atomic E-state index is 0.136. The van der Waals surface area contributed by atoms with Gasteiger partial charge in [0.25, 0.3) is 0 Å². The second-order valence-electron chi connectivity index (χ2n) is 8.52. The highest BCUT2D eigenvalue weighted by Crippen LogP contribution is 2.36. The number of anilines is 1. The zero-order valence-electron chi connectivity index (χ0n) is 16.9. The summed E-state index contributed by atoms with van der Waals surface area (Å²) in [5, 5.41) is 10.3. The molecular formula is C20H31N3O4. The first-order valence-corrected chi connectivity index (χ1v) is 9.62. The molecule has 1 unspecified atom stereocenters. The van der Waals surface area contributed by atoms with E-state index in [4.69, 9.17) is 14.5 Å². The molecule has 3 heterocycles. The summed E-state index contributed by atoms with van der Waals surface area (Å²) >= 11 is 0. The molecule has 0 bridgehead atoms. The summed E-state index contributed by atoms with van der Waals surface area (Å²) in [5.74, 6) is 0.935. The van der Waals surface area contributed by atoms with E-state index >= 15 is 0 Å². The summed E-state index contributed by atoms with van der Waals surface area (Å²) in [4.78, 5) is 21.3. The third-order valence-electron chi connectivity index (χ3n) is 5.05. The van der Waals surface area contributed by atoms with Gasteiger partial charge in [-0.2, -0.15) is 0 Å². The average Bonchev–Trinajstić information content (AvgIpc) is 2.96. The highest BCUT2D eigenvalue weighted by Gasteiger charge is 2.41. The third kappa shape index (κ3) is 4.35. The maximum absolute atomic E-state index is 12.5. The quantitative estimate of drug-likeness (QED) is 0.869. The summed E-state index contributed by atoms with van der Waals surface area (Å²) in [7, 11) is 1.62. The second kappa shape index (κ2) is 7.64. The lowest BCUT2D eigenvalue weighted by molar-refractivity contribution is 0.0191. The summed E-state index contributed by atoms with van der Waals surface area (Å²) in [6, 6.07) is 4.27. The number of piperazine rings is 1. The van der Waals surface area contributed by atoms with Gasteiger partial charge in [-0.15, -0.1) is 0 Å². The van der Waals surface area contributed by atoms with Crippen molar-refractivity contribution in [3.8, 4) is 0 Å². The number of nitrogens with zero attached hydrogens (tertiary/aromatic N) is 3. The zero-order valence-corrected chi connectivity index (χ0v) is 16.9. The largest absolute Gasteiger partial charge is 0.444 e. The van der Waals surface area contributed by atoms with Crippen molar-refractivity contribution in [2.24, 2.45) is 0 Å². The van der Waals surface area contributed by atoms with Crippen LogP contribution in [0.4, 0.5) is 10.6 Å². The van der Waals surface area contributed by atoms with Gasteiger partial charge in [0.1, 0.15) is 11.4 Å². The number of carbonyl (C=O) groups excluding carboxylic acids is 1. The fourth-order valence-electron chi connectivity index (χ4n) is 3.90. The number of pyridine rings is 1. The summed E-state index contributed by atoms with van der Waals surface area (Å²) in [5.41, 5.74) is 1.35. The number of hydrogen-bond donors (Lipinski definition) is 1. The summed E-state index contributed by atoms with van der Waals surface area (Å²) < 4.78 is 10.6. The first kappa shape index (κ1) is 19.9. The maximum atomic E-state index is 12.5. The summed E-state index contributed by atoms with van der Waals surface area (Å²) in [6.45, 7) is 9.48. The van der Waals surface area contributed by atoms with Crippen molar-refractivity contribution >= 4 is 11.9 Å². The highest BCUT2D eigenvalue weighted by molar-refractivity contribution is 5.69. The fraction of sp³-hybridized carbons (Fsp3) is 0.700. The van der Waals surface area contributed by atoms with Gasteiger partial charge >= 0.3 is 6.09 Å². The van der Waals surface area contributed by atoms with E-state index in [2.05, 4.69) is 17.9 Å². The Balaban J connectivity index is 1.74. The number of methoxy groups -OCH3 is 1. The van der Waals surface area contributed by atoms with E-state index in [0.717, 1.165) is 12.2 Å². The van der Waals surface area contributed by atoms with E-state index in [1.165, 1.54) is 5.56 Å². The second-order valence-corrected chi connectivity index (χ2v) is 8.52. The van der Waals surface area contributed by atoms with Crippen molar-refractivity contribution < 1.29 is 19.4 Å². The van der Waals surface area contributed by atoms with Gasteiger partial charge in [-0.1, -0.05) is 6.07 Å². The van der Waals surface area contributed by atoms with Crippen LogP contribution in [0.1, 0.15) is 51.5 Å². The monoisotopic (exact) mass is 377 g/mol. The van der Waals surface area contributed by atoms with Crippen LogP contribution in [-0.4, -0.2) is 65.6 Å². The van der Waals surface area contributed by atoms with Crippen LogP contribution >= 0.6 is 0 Å². The van der Waals surface area contributed by atoms with Crippen LogP contribution in [-0.2, 0) is 15.9 Å². The van der Waals surface area contributed by atoms with Crippen molar-refractivity contribution in [3.63, 3.8) is 0 Å². The average molecular weight is 377 g/mol. The predicted octanol–water partition coefficient (Wildman–Crippen LogP) is 2.52. The Kier molecular flexibility index (Phi) is 5.63. The molecule has 0 aromatic carbocycles. The van der Waals surface area contributed by atoms with Crippen molar-refractivity contribution in [1.29, 1.82) is 0 Å². The van der Waals surface area contributed by atoms with E-state index in [0.29, 0.717) is 31.8 Å². The number of aromatic nitrogens is 1. The Morgan fingerprint density at radius 3 is 2.78 bits per heavy atom. The molecule has 150 valence electrons. The van der Waals surface area contributed by atoms with Crippen LogP contribution in [0.3, 0.4) is 0 Å². The van der Waals surface area contributed by atoms with E-state index in [1.54, 1.807) is 12.0 Å². The smallest absolute Gasteiger partial charge is 0.410 e. The van der Waals surface area contributed by atoms with Crippen LogP contribution in [0.25, 0.3) is 0 Å². The zero-order chi connectivity index (χ0) is 19.8. The van der Waals surface area contributed by atoms with Gasteiger partial charge in [-0.05, 0) is 45.7 Å². The Bertz CT molecular complexity index is 688. The molecule has 0 spiro atoms. The Morgan fingerprint density at radius 1 is 1.37 bits per heavy atom. The molecule has 1 fully saturated rings. The van der Waals surface area contributed by atoms with Crippen molar-refractivity contribution in [2.45, 2.75) is 64.3 Å². The molecule has 2 aliphatic rings. The van der Waals surface area contributed by atoms with Crippen molar-refractivity contribution in [3.05, 3.63) is 23.4 Å². The van der Waals surface area contributed by atoms with Gasteiger partial charge in [0.2, 0.25) is 0 Å². The van der Waals surface area contributed by atoms with Crippen LogP contribution < -0.4 is 4.90 Å². The number of aliphatic hydroxyl groups is 1. The van der Waals surface area contributed by atoms with Crippen LogP contribution in [0, 0.1) is 0 Å². The molecule has 1 N–H and O–H groups in total. The molecule has 1 saturated heterocycles. The van der Waals surface area contributed by atoms with Gasteiger partial charge in [0.05, 0.1) is 17.8 Å². The number of hydrogen-bond acceptors (Lipinski definition) is 6. The first-order valence-electron chi connectivity index (χ1n) is 9.62. The van der Waals surface area contributed by atoms with Crippen molar-refractivity contribution in [1.82, 2.24) is 9.88 Å². The lowest BCUT2D eigenvalue weighted by Crippen LogP contribution is -2.58. The minimum Gasteiger partial charge on any atom is -0.444 e. The SMILES string of the molecule is COCCC(O)c1ccc2c(n1)N1[C@H](C2)CN(C(=O)OC(C)(C)C)C[C@H]1C. The maximum Gasteiger partial charge on any atom is 0.410 e. The molecule has 7 heteroatoms. The van der Waals surface area contributed by atoms with Crippen LogP contribution in [0.2, 0.25) is 0 Å². The van der Waals surface area contributed by atoms with Crippen LogP contribution in [0.5, 0.6) is 0 Å². The third-order valence-corrected chi connectivity index (χ3v) is 5.05. The van der Waals surface area contributed by atoms with Gasteiger partial charge < -0.3 is 24.4 Å². The van der Waals surface area contributed by atoms with Gasteiger partial charge in [-0.25, -0.2) is 9.78 Å². The molecule has 27 heavy (non-hydrogen) atoms. The topological polar surface area (TPSA) is 75.1 Å². The molecule has 3 atom stereocenters. The van der Waals surface area contributed by atoms with Gasteiger partial charge in [-0.3, -0.25) is 0 Å². The van der Waals surface area contributed by atoms with E-state index in [-0.39, 0.29) is 18.2 Å². The Morgan fingerprint density at radius 2 is 2.11 bits per heavy atom. The molecule has 1 aromatic heterocycles. The fourth-order valence-corrected chi connectivity index (χ4v) is 3.90. The summed E-state index contributed by atoms with van der Waals surface area (Å²) in [6.07, 6.45) is 0.481. The molecule has 0 saturated carbocycles. The molecule has 3 rings (SSSR count). The number of ether oxygens (including phenoxy) is 2. The predicted molar refractivity (Wildman–Crippen MR) is 103 cm³/mol. The van der Waals surface area contributed by atoms with E-state index < -0.39 is 11.7 Å². The molecule has 1 amide bonds. The number of amides is 1. The van der Waals surface area contributed by atoms with Crippen molar-refractivity contribution in [2.75, 3.05) is 31.7 Å². The van der Waals surface area contributed by atoms with E-state index in [9.17, 15) is 9.90 Å². The lowest BCUT2D eigenvalue weighted by atomic mass is 10.1. The standard InChI is InChI=1S/C20H31N3O4/c1-13-11-22(19(25)27-20(2,3)4)12-15-10-14-6-7-16(17(24)8-9-26-5)21-18(14)23(13)15/h6-7,13,15,17,24H,8-12H2,1-5H3/t13-,15-,17?/m1/s1.